The molecule has 24 heavy (non-hydrogen) atoms. The minimum atomic E-state index is -0.233. The zero-order valence-corrected chi connectivity index (χ0v) is 13.6. The molecule has 124 valence electrons. The van der Waals surface area contributed by atoms with Crippen LogP contribution in [-0.2, 0) is 0 Å². The summed E-state index contributed by atoms with van der Waals surface area (Å²) in [5, 5.41) is 9.66. The first-order valence-electron chi connectivity index (χ1n) is 8.13. The van der Waals surface area contributed by atoms with Crippen molar-refractivity contribution in [3.05, 3.63) is 46.0 Å². The Labute approximate surface area is 138 Å². The van der Waals surface area contributed by atoms with Crippen LogP contribution in [0.15, 0.2) is 29.2 Å². The van der Waals surface area contributed by atoms with Crippen molar-refractivity contribution in [2.24, 2.45) is 0 Å². The molecule has 4 rings (SSSR count). The number of hydrogen-bond donors (Lipinski definition) is 3. The molecule has 3 N–H and O–H groups in total. The van der Waals surface area contributed by atoms with Crippen molar-refractivity contribution in [2.75, 3.05) is 5.32 Å². The van der Waals surface area contributed by atoms with Crippen LogP contribution in [0.2, 0.25) is 0 Å². The lowest BCUT2D eigenvalue weighted by atomic mass is 10.1. The lowest BCUT2D eigenvalue weighted by molar-refractivity contribution is 0.102. The number of H-pyrrole nitrogens is 2. The number of aromatic amines is 2. The quantitative estimate of drug-likeness (QED) is 0.688. The Balaban J connectivity index is 1.65. The molecule has 2 heterocycles. The maximum atomic E-state index is 12.5. The van der Waals surface area contributed by atoms with Gasteiger partial charge in [-0.15, -0.1) is 0 Å². The molecule has 0 aliphatic heterocycles. The number of anilines is 1. The second-order valence-corrected chi connectivity index (χ2v) is 6.57. The van der Waals surface area contributed by atoms with Crippen molar-refractivity contribution in [3.63, 3.8) is 0 Å². The Hall–Kier alpha value is -2.83. The van der Waals surface area contributed by atoms with Gasteiger partial charge in [0.1, 0.15) is 5.82 Å². The van der Waals surface area contributed by atoms with E-state index in [4.69, 9.17) is 0 Å². The van der Waals surface area contributed by atoms with Crippen molar-refractivity contribution in [2.45, 2.75) is 38.6 Å². The molecule has 1 aliphatic rings. The fourth-order valence-electron chi connectivity index (χ4n) is 2.99. The van der Waals surface area contributed by atoms with Gasteiger partial charge in [-0.3, -0.25) is 14.5 Å². The SMILES string of the molecule is CC(C)c1cn[nH]c1NC(=O)c1ccc2c(c1)[nH]c(=O)n2C1CC1. The maximum Gasteiger partial charge on any atom is 0.326 e. The third-order valence-electron chi connectivity index (χ3n) is 4.42. The van der Waals surface area contributed by atoms with E-state index in [9.17, 15) is 9.59 Å². The number of carbonyl (C=O) groups is 1. The summed E-state index contributed by atoms with van der Waals surface area (Å²) in [5.74, 6) is 0.632. The molecule has 2 aromatic heterocycles. The molecule has 1 aromatic carbocycles. The summed E-state index contributed by atoms with van der Waals surface area (Å²) in [4.78, 5) is 27.4. The van der Waals surface area contributed by atoms with Gasteiger partial charge in [-0.1, -0.05) is 13.8 Å². The van der Waals surface area contributed by atoms with Crippen molar-refractivity contribution in [1.82, 2.24) is 19.7 Å². The average Bonchev–Trinajstić information content (AvgIpc) is 3.16. The molecule has 1 amide bonds. The van der Waals surface area contributed by atoms with E-state index in [0.29, 0.717) is 22.9 Å². The predicted octanol–water partition coefficient (Wildman–Crippen LogP) is 2.76. The molecule has 7 nitrogen and oxygen atoms in total. The zero-order chi connectivity index (χ0) is 16.8. The van der Waals surface area contributed by atoms with Crippen LogP contribution in [0, 0.1) is 0 Å². The fraction of sp³-hybridized carbons (Fsp3) is 0.353. The smallest absolute Gasteiger partial charge is 0.307 e. The minimum Gasteiger partial charge on any atom is -0.307 e. The fourth-order valence-corrected chi connectivity index (χ4v) is 2.99. The lowest BCUT2D eigenvalue weighted by Gasteiger charge is -2.08. The highest BCUT2D eigenvalue weighted by molar-refractivity contribution is 6.05. The van der Waals surface area contributed by atoms with Crippen molar-refractivity contribution in [1.29, 1.82) is 0 Å². The van der Waals surface area contributed by atoms with Gasteiger partial charge in [-0.2, -0.15) is 5.10 Å². The molecule has 3 aromatic rings. The van der Waals surface area contributed by atoms with E-state index < -0.39 is 0 Å². The normalized spacial score (nSPS) is 14.5. The van der Waals surface area contributed by atoms with E-state index in [1.807, 2.05) is 19.9 Å². The molecule has 7 heteroatoms. The first kappa shape index (κ1) is 14.7. The van der Waals surface area contributed by atoms with E-state index in [1.54, 1.807) is 22.9 Å². The van der Waals surface area contributed by atoms with Gasteiger partial charge in [0.15, 0.2) is 0 Å². The maximum absolute atomic E-state index is 12.5. The summed E-state index contributed by atoms with van der Waals surface area (Å²) in [6.45, 7) is 4.08. The Bertz CT molecular complexity index is 974. The number of benzene rings is 1. The minimum absolute atomic E-state index is 0.110. The molecule has 1 saturated carbocycles. The summed E-state index contributed by atoms with van der Waals surface area (Å²) in [6.07, 6.45) is 3.79. The highest BCUT2D eigenvalue weighted by Crippen LogP contribution is 2.35. The highest BCUT2D eigenvalue weighted by atomic mass is 16.2. The van der Waals surface area contributed by atoms with Crippen LogP contribution in [0.3, 0.4) is 0 Å². The molecule has 0 radical (unpaired) electrons. The van der Waals surface area contributed by atoms with Crippen LogP contribution in [-0.4, -0.2) is 25.7 Å². The molecule has 0 spiro atoms. The number of nitrogens with one attached hydrogen (secondary N) is 3. The number of hydrogen-bond acceptors (Lipinski definition) is 3. The Morgan fingerprint density at radius 3 is 2.88 bits per heavy atom. The monoisotopic (exact) mass is 325 g/mol. The van der Waals surface area contributed by atoms with E-state index in [2.05, 4.69) is 20.5 Å². The van der Waals surface area contributed by atoms with Crippen molar-refractivity contribution >= 4 is 22.8 Å². The second kappa shape index (κ2) is 5.36. The van der Waals surface area contributed by atoms with Crippen molar-refractivity contribution < 1.29 is 4.79 Å². The zero-order valence-electron chi connectivity index (χ0n) is 13.6. The second-order valence-electron chi connectivity index (χ2n) is 6.57. The van der Waals surface area contributed by atoms with Crippen LogP contribution < -0.4 is 11.0 Å². The number of nitrogens with zero attached hydrogens (tertiary/aromatic N) is 2. The first-order valence-corrected chi connectivity index (χ1v) is 8.13. The van der Waals surface area contributed by atoms with E-state index >= 15 is 0 Å². The van der Waals surface area contributed by atoms with Crippen LogP contribution in [0.5, 0.6) is 0 Å². The number of carbonyl (C=O) groups excluding carboxylic acids is 1. The number of aromatic nitrogens is 4. The molecule has 0 saturated heterocycles. The topological polar surface area (TPSA) is 95.6 Å². The number of amides is 1. The summed E-state index contributed by atoms with van der Waals surface area (Å²) in [6, 6.07) is 5.59. The lowest BCUT2D eigenvalue weighted by Crippen LogP contribution is -2.15. The largest absolute Gasteiger partial charge is 0.326 e. The van der Waals surface area contributed by atoms with Crippen LogP contribution in [0.25, 0.3) is 11.0 Å². The van der Waals surface area contributed by atoms with Gasteiger partial charge in [0.05, 0.1) is 17.2 Å². The summed E-state index contributed by atoms with van der Waals surface area (Å²) in [7, 11) is 0. The molecule has 0 atom stereocenters. The van der Waals surface area contributed by atoms with E-state index in [-0.39, 0.29) is 17.5 Å². The van der Waals surface area contributed by atoms with Gasteiger partial charge in [-0.25, -0.2) is 4.79 Å². The molecule has 1 aliphatic carbocycles. The predicted molar refractivity (Wildman–Crippen MR) is 91.5 cm³/mol. The van der Waals surface area contributed by atoms with Gasteiger partial charge >= 0.3 is 5.69 Å². The van der Waals surface area contributed by atoms with Gasteiger partial charge in [-0.05, 0) is 37.0 Å². The third kappa shape index (κ3) is 2.42. The molecular formula is C17H19N5O2. The number of imidazole rings is 1. The van der Waals surface area contributed by atoms with Crippen LogP contribution in [0.4, 0.5) is 5.82 Å². The van der Waals surface area contributed by atoms with Gasteiger partial charge < -0.3 is 10.3 Å². The number of fused-ring (bicyclic) bond motifs is 1. The Kier molecular flexibility index (Phi) is 3.30. The van der Waals surface area contributed by atoms with E-state index in [1.165, 1.54) is 0 Å². The first-order chi connectivity index (χ1) is 11.5. The van der Waals surface area contributed by atoms with Crippen molar-refractivity contribution in [3.8, 4) is 0 Å². The average molecular weight is 325 g/mol. The summed E-state index contributed by atoms with van der Waals surface area (Å²) in [5.41, 5.74) is 2.88. The van der Waals surface area contributed by atoms with Gasteiger partial charge in [0, 0.05) is 17.2 Å². The highest BCUT2D eigenvalue weighted by Gasteiger charge is 2.27. The summed E-state index contributed by atoms with van der Waals surface area (Å²) < 4.78 is 1.78. The molecule has 0 unspecified atom stereocenters. The van der Waals surface area contributed by atoms with Gasteiger partial charge in [0.2, 0.25) is 0 Å². The Morgan fingerprint density at radius 2 is 2.17 bits per heavy atom. The van der Waals surface area contributed by atoms with E-state index in [0.717, 1.165) is 23.9 Å². The standard InChI is InChI=1S/C17H19N5O2/c1-9(2)12-8-18-21-15(12)20-16(23)10-3-6-14-13(7-10)19-17(24)22(14)11-4-5-11/h3,6-9,11H,4-5H2,1-2H3,(H,19,24)(H2,18,20,21,23). The Morgan fingerprint density at radius 1 is 1.38 bits per heavy atom. The van der Waals surface area contributed by atoms with Gasteiger partial charge in [0.25, 0.3) is 5.91 Å². The number of rotatable bonds is 4. The summed E-state index contributed by atoms with van der Waals surface area (Å²) >= 11 is 0. The molecular weight excluding hydrogens is 306 g/mol. The molecule has 1 fully saturated rings. The molecule has 0 bridgehead atoms. The van der Waals surface area contributed by atoms with Crippen LogP contribution >= 0.6 is 0 Å². The third-order valence-corrected chi connectivity index (χ3v) is 4.42. The van der Waals surface area contributed by atoms with Crippen LogP contribution in [0.1, 0.15) is 54.6 Å².